The van der Waals surface area contributed by atoms with E-state index >= 15 is 0 Å². The van der Waals surface area contributed by atoms with Gasteiger partial charge in [0.25, 0.3) is 0 Å². The number of nitrogens with zero attached hydrogens (tertiary/aromatic N) is 1. The van der Waals surface area contributed by atoms with E-state index in [2.05, 4.69) is 31.0 Å². The molecule has 0 aromatic carbocycles. The molecule has 1 saturated carbocycles. The molecule has 15 heavy (non-hydrogen) atoms. The minimum absolute atomic E-state index is 0.716. The molecule has 0 aromatic rings. The number of piperazine rings is 1. The summed E-state index contributed by atoms with van der Waals surface area (Å²) in [6.45, 7) is 9.48. The molecule has 2 rings (SSSR count). The van der Waals surface area contributed by atoms with Crippen molar-refractivity contribution in [2.75, 3.05) is 13.1 Å². The Morgan fingerprint density at radius 1 is 1.33 bits per heavy atom. The molecule has 88 valence electrons. The number of rotatable bonds is 3. The molecule has 2 fully saturated rings. The third-order valence-corrected chi connectivity index (χ3v) is 4.31. The summed E-state index contributed by atoms with van der Waals surface area (Å²) in [5.74, 6) is 0.769. The van der Waals surface area contributed by atoms with E-state index in [1.807, 2.05) is 0 Å². The van der Waals surface area contributed by atoms with Crippen LogP contribution in [0.3, 0.4) is 0 Å². The van der Waals surface area contributed by atoms with Crippen LogP contribution in [-0.2, 0) is 0 Å². The fraction of sp³-hybridized carbons (Fsp3) is 1.00. The predicted molar refractivity (Wildman–Crippen MR) is 65.1 cm³/mol. The summed E-state index contributed by atoms with van der Waals surface area (Å²) in [6.07, 6.45) is 5.65. The maximum Gasteiger partial charge on any atom is 0.0221 e. The Bertz CT molecular complexity index is 199. The Kier molecular flexibility index (Phi) is 3.68. The third kappa shape index (κ3) is 2.36. The van der Waals surface area contributed by atoms with Gasteiger partial charge in [-0.3, -0.25) is 4.90 Å². The molecule has 0 amide bonds. The summed E-state index contributed by atoms with van der Waals surface area (Å²) in [5.41, 5.74) is 0. The Morgan fingerprint density at radius 3 is 2.53 bits per heavy atom. The molecule has 1 saturated heterocycles. The van der Waals surface area contributed by atoms with Crippen molar-refractivity contribution in [3.63, 3.8) is 0 Å². The lowest BCUT2D eigenvalue weighted by molar-refractivity contribution is 0.0320. The van der Waals surface area contributed by atoms with Crippen LogP contribution in [-0.4, -0.2) is 36.1 Å². The van der Waals surface area contributed by atoms with E-state index in [1.54, 1.807) is 0 Å². The molecule has 1 heterocycles. The second-order valence-electron chi connectivity index (χ2n) is 5.60. The van der Waals surface area contributed by atoms with Gasteiger partial charge < -0.3 is 5.32 Å². The summed E-state index contributed by atoms with van der Waals surface area (Å²) in [7, 11) is 0. The Hall–Kier alpha value is -0.0800. The van der Waals surface area contributed by atoms with Crippen molar-refractivity contribution in [2.24, 2.45) is 5.92 Å². The highest BCUT2D eigenvalue weighted by molar-refractivity contribution is 4.92. The fourth-order valence-corrected chi connectivity index (χ4v) is 2.84. The summed E-state index contributed by atoms with van der Waals surface area (Å²) in [5, 5.41) is 3.71. The van der Waals surface area contributed by atoms with Crippen molar-refractivity contribution in [1.82, 2.24) is 10.2 Å². The van der Waals surface area contributed by atoms with Crippen LogP contribution in [0.4, 0.5) is 0 Å². The van der Waals surface area contributed by atoms with E-state index in [-0.39, 0.29) is 0 Å². The highest BCUT2D eigenvalue weighted by Gasteiger charge is 2.35. The number of hydrogen-bond acceptors (Lipinski definition) is 2. The standard InChI is InChI=1S/C13H26N2/c1-4-11-8-14-13(10(2)3)9-15(11)12-6-5-7-12/h10-14H,4-9H2,1-3H3. The minimum atomic E-state index is 0.716. The average molecular weight is 210 g/mol. The van der Waals surface area contributed by atoms with Crippen LogP contribution >= 0.6 is 0 Å². The van der Waals surface area contributed by atoms with Gasteiger partial charge in [0, 0.05) is 31.2 Å². The zero-order chi connectivity index (χ0) is 10.8. The van der Waals surface area contributed by atoms with Crippen molar-refractivity contribution >= 4 is 0 Å². The minimum Gasteiger partial charge on any atom is -0.311 e. The van der Waals surface area contributed by atoms with Gasteiger partial charge in [-0.25, -0.2) is 0 Å². The van der Waals surface area contributed by atoms with Crippen LogP contribution < -0.4 is 5.32 Å². The third-order valence-electron chi connectivity index (χ3n) is 4.31. The maximum absolute atomic E-state index is 3.71. The lowest BCUT2D eigenvalue weighted by Gasteiger charge is -2.48. The molecule has 1 N–H and O–H groups in total. The van der Waals surface area contributed by atoms with Crippen molar-refractivity contribution in [3.05, 3.63) is 0 Å². The molecule has 1 aliphatic heterocycles. The largest absolute Gasteiger partial charge is 0.311 e. The van der Waals surface area contributed by atoms with E-state index in [4.69, 9.17) is 0 Å². The highest BCUT2D eigenvalue weighted by atomic mass is 15.3. The van der Waals surface area contributed by atoms with Crippen molar-refractivity contribution in [3.8, 4) is 0 Å². The topological polar surface area (TPSA) is 15.3 Å². The Labute approximate surface area is 94.4 Å². The smallest absolute Gasteiger partial charge is 0.0221 e. The fourth-order valence-electron chi connectivity index (χ4n) is 2.84. The molecule has 2 aliphatic rings. The van der Waals surface area contributed by atoms with Gasteiger partial charge in [-0.1, -0.05) is 27.2 Å². The second-order valence-corrected chi connectivity index (χ2v) is 5.60. The van der Waals surface area contributed by atoms with Gasteiger partial charge in [0.05, 0.1) is 0 Å². The van der Waals surface area contributed by atoms with Crippen molar-refractivity contribution in [2.45, 2.75) is 64.6 Å². The van der Waals surface area contributed by atoms with Crippen LogP contribution in [0.25, 0.3) is 0 Å². The Balaban J connectivity index is 1.95. The summed E-state index contributed by atoms with van der Waals surface area (Å²) in [6, 6.07) is 2.43. The molecular formula is C13H26N2. The number of hydrogen-bond donors (Lipinski definition) is 1. The van der Waals surface area contributed by atoms with E-state index in [0.717, 1.165) is 18.0 Å². The first-order valence-corrected chi connectivity index (χ1v) is 6.71. The quantitative estimate of drug-likeness (QED) is 0.768. The molecular weight excluding hydrogens is 184 g/mol. The zero-order valence-electron chi connectivity index (χ0n) is 10.5. The van der Waals surface area contributed by atoms with Crippen molar-refractivity contribution < 1.29 is 0 Å². The molecule has 2 nitrogen and oxygen atoms in total. The molecule has 2 heteroatoms. The van der Waals surface area contributed by atoms with Crippen LogP contribution in [0.2, 0.25) is 0 Å². The van der Waals surface area contributed by atoms with E-state index in [0.29, 0.717) is 6.04 Å². The lowest BCUT2D eigenvalue weighted by atomic mass is 9.87. The summed E-state index contributed by atoms with van der Waals surface area (Å²) >= 11 is 0. The van der Waals surface area contributed by atoms with E-state index in [9.17, 15) is 0 Å². The summed E-state index contributed by atoms with van der Waals surface area (Å²) < 4.78 is 0. The SMILES string of the molecule is CCC1CNC(C(C)C)CN1C1CCC1. The normalized spacial score (nSPS) is 34.4. The first-order chi connectivity index (χ1) is 7.22. The van der Waals surface area contributed by atoms with Crippen LogP contribution in [0, 0.1) is 5.92 Å². The van der Waals surface area contributed by atoms with Crippen LogP contribution in [0.5, 0.6) is 0 Å². The van der Waals surface area contributed by atoms with Gasteiger partial charge in [0.1, 0.15) is 0 Å². The monoisotopic (exact) mass is 210 g/mol. The first kappa shape index (κ1) is 11.4. The van der Waals surface area contributed by atoms with Gasteiger partial charge in [-0.2, -0.15) is 0 Å². The Morgan fingerprint density at radius 2 is 2.07 bits per heavy atom. The molecule has 0 bridgehead atoms. The van der Waals surface area contributed by atoms with E-state index in [1.165, 1.54) is 38.8 Å². The van der Waals surface area contributed by atoms with Gasteiger partial charge in [-0.15, -0.1) is 0 Å². The molecule has 0 radical (unpaired) electrons. The van der Waals surface area contributed by atoms with Gasteiger partial charge in [0.15, 0.2) is 0 Å². The average Bonchev–Trinajstić information content (AvgIpc) is 2.15. The molecule has 0 spiro atoms. The second kappa shape index (κ2) is 4.84. The first-order valence-electron chi connectivity index (χ1n) is 6.71. The van der Waals surface area contributed by atoms with Crippen LogP contribution in [0.1, 0.15) is 46.5 Å². The van der Waals surface area contributed by atoms with E-state index < -0.39 is 0 Å². The highest BCUT2D eigenvalue weighted by Crippen LogP contribution is 2.29. The lowest BCUT2D eigenvalue weighted by Crippen LogP contribution is -2.61. The number of nitrogens with one attached hydrogen (secondary N) is 1. The predicted octanol–water partition coefficient (Wildman–Crippen LogP) is 2.25. The summed E-state index contributed by atoms with van der Waals surface area (Å²) in [4.78, 5) is 2.80. The van der Waals surface area contributed by atoms with Gasteiger partial charge >= 0.3 is 0 Å². The molecule has 2 unspecified atom stereocenters. The van der Waals surface area contributed by atoms with Gasteiger partial charge in [0.2, 0.25) is 0 Å². The maximum atomic E-state index is 3.71. The van der Waals surface area contributed by atoms with Gasteiger partial charge in [-0.05, 0) is 25.2 Å². The van der Waals surface area contributed by atoms with Crippen LogP contribution in [0.15, 0.2) is 0 Å². The zero-order valence-corrected chi connectivity index (χ0v) is 10.5. The molecule has 2 atom stereocenters. The molecule has 1 aliphatic carbocycles. The van der Waals surface area contributed by atoms with Crippen molar-refractivity contribution in [1.29, 1.82) is 0 Å². The molecule has 0 aromatic heterocycles.